The van der Waals surface area contributed by atoms with Crippen LogP contribution in [0.4, 0.5) is 11.4 Å². The van der Waals surface area contributed by atoms with Gasteiger partial charge in [-0.3, -0.25) is 9.59 Å². The zero-order valence-electron chi connectivity index (χ0n) is 11.8. The van der Waals surface area contributed by atoms with E-state index in [1.165, 1.54) is 0 Å². The lowest BCUT2D eigenvalue weighted by Gasteiger charge is -2.16. The van der Waals surface area contributed by atoms with Crippen molar-refractivity contribution in [2.45, 2.75) is 38.6 Å². The third-order valence-corrected chi connectivity index (χ3v) is 3.46. The topological polar surface area (TPSA) is 75.4 Å². The van der Waals surface area contributed by atoms with Gasteiger partial charge in [-0.1, -0.05) is 13.3 Å². The van der Waals surface area contributed by atoms with Crippen LogP contribution in [0.3, 0.4) is 0 Å². The molecule has 1 saturated heterocycles. The molecule has 5 nitrogen and oxygen atoms in total. The van der Waals surface area contributed by atoms with E-state index in [0.717, 1.165) is 25.1 Å². The van der Waals surface area contributed by atoms with E-state index in [0.29, 0.717) is 18.5 Å². The van der Waals surface area contributed by atoms with E-state index >= 15 is 0 Å². The lowest BCUT2D eigenvalue weighted by Crippen LogP contribution is -2.35. The molecule has 1 aromatic rings. The molecular formula is C15H21N3O2. The van der Waals surface area contributed by atoms with E-state index in [4.69, 9.17) is 5.73 Å². The van der Waals surface area contributed by atoms with Gasteiger partial charge >= 0.3 is 0 Å². The van der Waals surface area contributed by atoms with Crippen LogP contribution in [0.1, 0.15) is 32.6 Å². The van der Waals surface area contributed by atoms with E-state index in [2.05, 4.69) is 5.32 Å². The molecule has 0 saturated carbocycles. The van der Waals surface area contributed by atoms with Gasteiger partial charge in [0.2, 0.25) is 11.8 Å². The number of carbonyl (C=O) groups is 2. The lowest BCUT2D eigenvalue weighted by atomic mass is 10.1. The van der Waals surface area contributed by atoms with E-state index in [1.54, 1.807) is 17.0 Å². The summed E-state index contributed by atoms with van der Waals surface area (Å²) in [6.07, 6.45) is 3.07. The van der Waals surface area contributed by atoms with Gasteiger partial charge in [-0.25, -0.2) is 0 Å². The Morgan fingerprint density at radius 1 is 1.40 bits per heavy atom. The Morgan fingerprint density at radius 2 is 2.10 bits per heavy atom. The fourth-order valence-electron chi connectivity index (χ4n) is 2.32. The maximum absolute atomic E-state index is 11.8. The number of carbonyl (C=O) groups excluding carboxylic acids is 2. The molecule has 1 aliphatic heterocycles. The smallest absolute Gasteiger partial charge is 0.241 e. The SMILES string of the molecule is CCCC(N)C(=O)Nc1ccc(N2CCCC2=O)cc1. The van der Waals surface area contributed by atoms with Gasteiger partial charge in [0.1, 0.15) is 0 Å². The van der Waals surface area contributed by atoms with Gasteiger partial charge in [0.05, 0.1) is 6.04 Å². The Balaban J connectivity index is 1.98. The third-order valence-electron chi connectivity index (χ3n) is 3.46. The molecule has 0 aliphatic carbocycles. The fraction of sp³-hybridized carbons (Fsp3) is 0.467. The zero-order valence-corrected chi connectivity index (χ0v) is 11.8. The molecule has 1 aliphatic rings. The summed E-state index contributed by atoms with van der Waals surface area (Å²) in [4.78, 5) is 25.2. The minimum absolute atomic E-state index is 0.159. The molecule has 2 amide bonds. The molecule has 0 bridgehead atoms. The first-order valence-corrected chi connectivity index (χ1v) is 7.08. The predicted octanol–water partition coefficient (Wildman–Crippen LogP) is 1.88. The maximum atomic E-state index is 11.8. The largest absolute Gasteiger partial charge is 0.325 e. The number of nitrogens with two attached hydrogens (primary N) is 1. The average Bonchev–Trinajstić information content (AvgIpc) is 2.86. The molecule has 0 aromatic heterocycles. The van der Waals surface area contributed by atoms with Crippen molar-refractivity contribution in [3.8, 4) is 0 Å². The van der Waals surface area contributed by atoms with Gasteiger partial charge in [0.15, 0.2) is 0 Å². The Morgan fingerprint density at radius 3 is 2.65 bits per heavy atom. The standard InChI is InChI=1S/C15H21N3O2/c1-2-4-13(16)15(20)17-11-6-8-12(9-7-11)18-10-3-5-14(18)19/h6-9,13H,2-5,10,16H2,1H3,(H,17,20). The third kappa shape index (κ3) is 3.36. The molecule has 5 heteroatoms. The summed E-state index contributed by atoms with van der Waals surface area (Å²) < 4.78 is 0. The van der Waals surface area contributed by atoms with Crippen molar-refractivity contribution in [3.05, 3.63) is 24.3 Å². The summed E-state index contributed by atoms with van der Waals surface area (Å²) in [6.45, 7) is 2.76. The first-order chi connectivity index (χ1) is 9.61. The highest BCUT2D eigenvalue weighted by Crippen LogP contribution is 2.23. The number of hydrogen-bond donors (Lipinski definition) is 2. The normalized spacial score (nSPS) is 16.3. The fourth-order valence-corrected chi connectivity index (χ4v) is 2.32. The lowest BCUT2D eigenvalue weighted by molar-refractivity contribution is -0.118. The molecule has 1 fully saturated rings. The molecule has 1 heterocycles. The van der Waals surface area contributed by atoms with Crippen LogP contribution in [0.15, 0.2) is 24.3 Å². The van der Waals surface area contributed by atoms with Crippen LogP contribution in [0.25, 0.3) is 0 Å². The number of nitrogens with zero attached hydrogens (tertiary/aromatic N) is 1. The summed E-state index contributed by atoms with van der Waals surface area (Å²) in [5.41, 5.74) is 7.34. The first-order valence-electron chi connectivity index (χ1n) is 7.08. The predicted molar refractivity (Wildman–Crippen MR) is 79.5 cm³/mol. The monoisotopic (exact) mass is 275 g/mol. The Kier molecular flexibility index (Phi) is 4.74. The molecule has 1 unspecified atom stereocenters. The van der Waals surface area contributed by atoms with E-state index in [9.17, 15) is 9.59 Å². The number of hydrogen-bond acceptors (Lipinski definition) is 3. The van der Waals surface area contributed by atoms with Crippen molar-refractivity contribution in [1.82, 2.24) is 0 Å². The Bertz CT molecular complexity index is 484. The van der Waals surface area contributed by atoms with Gasteiger partial charge < -0.3 is 16.0 Å². The van der Waals surface area contributed by atoms with Crippen LogP contribution in [-0.4, -0.2) is 24.4 Å². The molecule has 1 aromatic carbocycles. The second kappa shape index (κ2) is 6.52. The van der Waals surface area contributed by atoms with Crippen LogP contribution >= 0.6 is 0 Å². The molecule has 108 valence electrons. The van der Waals surface area contributed by atoms with Crippen molar-refractivity contribution in [1.29, 1.82) is 0 Å². The van der Waals surface area contributed by atoms with Gasteiger partial charge in [-0.05, 0) is 37.1 Å². The second-order valence-electron chi connectivity index (χ2n) is 5.08. The summed E-state index contributed by atoms with van der Waals surface area (Å²) in [5, 5.41) is 2.79. The first kappa shape index (κ1) is 14.5. The van der Waals surface area contributed by atoms with Crippen LogP contribution in [0.5, 0.6) is 0 Å². The molecular weight excluding hydrogens is 254 g/mol. The van der Waals surface area contributed by atoms with E-state index in [-0.39, 0.29) is 11.8 Å². The minimum Gasteiger partial charge on any atom is -0.325 e. The van der Waals surface area contributed by atoms with Gasteiger partial charge in [-0.2, -0.15) is 0 Å². The number of nitrogens with one attached hydrogen (secondary N) is 1. The summed E-state index contributed by atoms with van der Waals surface area (Å²) in [5.74, 6) is -0.0106. The molecule has 3 N–H and O–H groups in total. The number of amides is 2. The van der Waals surface area contributed by atoms with E-state index in [1.807, 2.05) is 19.1 Å². The van der Waals surface area contributed by atoms with Crippen LogP contribution < -0.4 is 16.0 Å². The van der Waals surface area contributed by atoms with Gasteiger partial charge in [0.25, 0.3) is 0 Å². The molecule has 2 rings (SSSR count). The maximum Gasteiger partial charge on any atom is 0.241 e. The highest BCUT2D eigenvalue weighted by Gasteiger charge is 2.21. The summed E-state index contributed by atoms with van der Waals surface area (Å²) >= 11 is 0. The van der Waals surface area contributed by atoms with Crippen LogP contribution in [0.2, 0.25) is 0 Å². The van der Waals surface area contributed by atoms with Crippen molar-refractivity contribution in [2.75, 3.05) is 16.8 Å². The quantitative estimate of drug-likeness (QED) is 0.861. The van der Waals surface area contributed by atoms with Crippen molar-refractivity contribution in [3.63, 3.8) is 0 Å². The number of benzene rings is 1. The van der Waals surface area contributed by atoms with Crippen LogP contribution in [0, 0.1) is 0 Å². The van der Waals surface area contributed by atoms with E-state index < -0.39 is 6.04 Å². The van der Waals surface area contributed by atoms with Crippen molar-refractivity contribution < 1.29 is 9.59 Å². The van der Waals surface area contributed by atoms with Crippen molar-refractivity contribution >= 4 is 23.2 Å². The Hall–Kier alpha value is -1.88. The summed E-state index contributed by atoms with van der Waals surface area (Å²) in [6, 6.07) is 6.84. The molecule has 0 radical (unpaired) electrons. The van der Waals surface area contributed by atoms with Gasteiger partial charge in [0, 0.05) is 24.3 Å². The Labute approximate surface area is 119 Å². The van der Waals surface area contributed by atoms with Crippen LogP contribution in [-0.2, 0) is 9.59 Å². The highest BCUT2D eigenvalue weighted by molar-refractivity contribution is 5.97. The summed E-state index contributed by atoms with van der Waals surface area (Å²) in [7, 11) is 0. The zero-order chi connectivity index (χ0) is 14.5. The average molecular weight is 275 g/mol. The molecule has 1 atom stereocenters. The number of anilines is 2. The second-order valence-corrected chi connectivity index (χ2v) is 5.08. The van der Waals surface area contributed by atoms with Crippen molar-refractivity contribution in [2.24, 2.45) is 5.73 Å². The number of rotatable bonds is 5. The van der Waals surface area contributed by atoms with Gasteiger partial charge in [-0.15, -0.1) is 0 Å². The molecule has 0 spiro atoms. The minimum atomic E-state index is -0.472. The molecule has 20 heavy (non-hydrogen) atoms. The highest BCUT2D eigenvalue weighted by atomic mass is 16.2.